The molecule has 2 unspecified atom stereocenters. The van der Waals surface area contributed by atoms with Crippen LogP contribution in [0.4, 0.5) is 4.79 Å². The van der Waals surface area contributed by atoms with Crippen molar-refractivity contribution in [3.63, 3.8) is 0 Å². The molecule has 2 amide bonds. The fourth-order valence-corrected chi connectivity index (χ4v) is 2.74. The molecule has 0 aromatic rings. The SMILES string of the molecule is CC1CC1CN(C)C(=O)N1CCN(CCC(=O)O)CC1. The van der Waals surface area contributed by atoms with E-state index < -0.39 is 5.97 Å². The van der Waals surface area contributed by atoms with E-state index in [1.165, 1.54) is 6.42 Å². The summed E-state index contributed by atoms with van der Waals surface area (Å²) in [6.45, 7) is 6.60. The van der Waals surface area contributed by atoms with Crippen molar-refractivity contribution in [2.45, 2.75) is 19.8 Å². The molecule has 0 aromatic carbocycles. The van der Waals surface area contributed by atoms with Gasteiger partial charge in [0.25, 0.3) is 0 Å². The van der Waals surface area contributed by atoms with Gasteiger partial charge in [0.05, 0.1) is 6.42 Å². The number of nitrogens with zero attached hydrogens (tertiary/aromatic N) is 3. The lowest BCUT2D eigenvalue weighted by Crippen LogP contribution is -2.52. The largest absolute Gasteiger partial charge is 0.481 e. The lowest BCUT2D eigenvalue weighted by molar-refractivity contribution is -0.137. The van der Waals surface area contributed by atoms with Gasteiger partial charge in [-0.05, 0) is 18.3 Å². The third-order valence-electron chi connectivity index (χ3n) is 4.40. The third-order valence-corrected chi connectivity index (χ3v) is 4.40. The molecule has 1 N–H and O–H groups in total. The van der Waals surface area contributed by atoms with Gasteiger partial charge in [-0.25, -0.2) is 4.79 Å². The van der Waals surface area contributed by atoms with Crippen molar-refractivity contribution in [1.29, 1.82) is 0 Å². The van der Waals surface area contributed by atoms with Crippen LogP contribution in [0.1, 0.15) is 19.8 Å². The van der Waals surface area contributed by atoms with E-state index in [0.717, 1.165) is 25.6 Å². The minimum absolute atomic E-state index is 0.113. The van der Waals surface area contributed by atoms with Crippen LogP contribution in [0.2, 0.25) is 0 Å². The Balaban J connectivity index is 1.69. The van der Waals surface area contributed by atoms with E-state index >= 15 is 0 Å². The highest BCUT2D eigenvalue weighted by Gasteiger charge is 2.35. The number of carbonyl (C=O) groups excluding carboxylic acids is 1. The number of hydrogen-bond acceptors (Lipinski definition) is 3. The number of urea groups is 1. The average Bonchev–Trinajstić information content (AvgIpc) is 3.11. The maximum Gasteiger partial charge on any atom is 0.319 e. The zero-order valence-electron chi connectivity index (χ0n) is 12.4. The molecular formula is C14H25N3O3. The Labute approximate surface area is 120 Å². The minimum atomic E-state index is -0.762. The normalized spacial score (nSPS) is 26.4. The van der Waals surface area contributed by atoms with E-state index in [4.69, 9.17) is 5.11 Å². The summed E-state index contributed by atoms with van der Waals surface area (Å²) < 4.78 is 0. The second-order valence-electron chi connectivity index (χ2n) is 6.11. The molecule has 6 heteroatoms. The first-order valence-electron chi connectivity index (χ1n) is 7.41. The second kappa shape index (κ2) is 6.43. The van der Waals surface area contributed by atoms with Gasteiger partial charge in [-0.2, -0.15) is 0 Å². The topological polar surface area (TPSA) is 64.1 Å². The zero-order chi connectivity index (χ0) is 14.7. The monoisotopic (exact) mass is 283 g/mol. The van der Waals surface area contributed by atoms with Gasteiger partial charge in [0.15, 0.2) is 0 Å². The smallest absolute Gasteiger partial charge is 0.319 e. The highest BCUT2D eigenvalue weighted by molar-refractivity contribution is 5.74. The number of aliphatic carboxylic acids is 1. The number of rotatable bonds is 5. The summed E-state index contributed by atoms with van der Waals surface area (Å²) in [6.07, 6.45) is 1.41. The molecule has 1 aliphatic heterocycles. The summed E-state index contributed by atoms with van der Waals surface area (Å²) in [7, 11) is 1.88. The van der Waals surface area contributed by atoms with Crippen LogP contribution in [0.25, 0.3) is 0 Å². The van der Waals surface area contributed by atoms with Crippen molar-refractivity contribution < 1.29 is 14.7 Å². The molecule has 1 saturated heterocycles. The molecule has 20 heavy (non-hydrogen) atoms. The predicted octanol–water partition coefficient (Wildman–Crippen LogP) is 0.786. The molecule has 1 saturated carbocycles. The summed E-state index contributed by atoms with van der Waals surface area (Å²) in [6, 6.07) is 0.113. The summed E-state index contributed by atoms with van der Waals surface area (Å²) in [4.78, 5) is 28.6. The Kier molecular flexibility index (Phi) is 4.86. The van der Waals surface area contributed by atoms with Gasteiger partial charge in [-0.15, -0.1) is 0 Å². The Morgan fingerprint density at radius 3 is 2.35 bits per heavy atom. The molecule has 0 aromatic heterocycles. The standard InChI is InChI=1S/C14H25N3O3/c1-11-9-12(11)10-15(2)14(20)17-7-5-16(6-8-17)4-3-13(18)19/h11-12H,3-10H2,1-2H3,(H,18,19). The molecule has 1 aliphatic carbocycles. The van der Waals surface area contributed by atoms with Gasteiger partial charge in [-0.1, -0.05) is 6.92 Å². The maximum absolute atomic E-state index is 12.3. The number of piperazine rings is 1. The first kappa shape index (κ1) is 15.1. The summed E-state index contributed by atoms with van der Waals surface area (Å²) in [5.41, 5.74) is 0. The number of hydrogen-bond donors (Lipinski definition) is 1. The second-order valence-corrected chi connectivity index (χ2v) is 6.11. The van der Waals surface area contributed by atoms with Crippen molar-refractivity contribution in [2.24, 2.45) is 11.8 Å². The Hall–Kier alpha value is -1.30. The highest BCUT2D eigenvalue weighted by Crippen LogP contribution is 2.38. The Morgan fingerprint density at radius 1 is 1.25 bits per heavy atom. The van der Waals surface area contributed by atoms with Crippen LogP contribution < -0.4 is 0 Å². The molecule has 0 spiro atoms. The fraction of sp³-hybridized carbons (Fsp3) is 0.857. The molecule has 114 valence electrons. The van der Waals surface area contributed by atoms with E-state index in [0.29, 0.717) is 25.6 Å². The van der Waals surface area contributed by atoms with Crippen molar-refractivity contribution >= 4 is 12.0 Å². The van der Waals surface area contributed by atoms with Gasteiger partial charge in [0, 0.05) is 46.3 Å². The van der Waals surface area contributed by atoms with Crippen molar-refractivity contribution in [2.75, 3.05) is 46.3 Å². The number of carbonyl (C=O) groups is 2. The van der Waals surface area contributed by atoms with Gasteiger partial charge in [0.2, 0.25) is 0 Å². The molecule has 2 atom stereocenters. The minimum Gasteiger partial charge on any atom is -0.481 e. The Morgan fingerprint density at radius 2 is 1.85 bits per heavy atom. The van der Waals surface area contributed by atoms with Gasteiger partial charge in [0.1, 0.15) is 0 Å². The van der Waals surface area contributed by atoms with Crippen molar-refractivity contribution in [1.82, 2.24) is 14.7 Å². The van der Waals surface area contributed by atoms with Gasteiger partial charge < -0.3 is 14.9 Å². The lowest BCUT2D eigenvalue weighted by Gasteiger charge is -2.36. The molecule has 0 radical (unpaired) electrons. The number of amides is 2. The third kappa shape index (κ3) is 4.10. The van der Waals surface area contributed by atoms with E-state index in [-0.39, 0.29) is 12.5 Å². The zero-order valence-corrected chi connectivity index (χ0v) is 12.4. The predicted molar refractivity (Wildman–Crippen MR) is 75.6 cm³/mol. The fourth-order valence-electron chi connectivity index (χ4n) is 2.74. The van der Waals surface area contributed by atoms with E-state index in [1.807, 2.05) is 16.8 Å². The molecule has 2 aliphatic rings. The van der Waals surface area contributed by atoms with Crippen LogP contribution in [0, 0.1) is 11.8 Å². The number of carboxylic acids is 1. The first-order chi connectivity index (χ1) is 9.47. The summed E-state index contributed by atoms with van der Waals surface area (Å²) >= 11 is 0. The first-order valence-corrected chi connectivity index (χ1v) is 7.41. The van der Waals surface area contributed by atoms with Crippen molar-refractivity contribution in [3.05, 3.63) is 0 Å². The molecule has 1 heterocycles. The van der Waals surface area contributed by atoms with Gasteiger partial charge >= 0.3 is 12.0 Å². The van der Waals surface area contributed by atoms with Crippen LogP contribution in [0.3, 0.4) is 0 Å². The lowest BCUT2D eigenvalue weighted by atomic mass is 10.3. The van der Waals surface area contributed by atoms with E-state index in [1.54, 1.807) is 0 Å². The van der Waals surface area contributed by atoms with Crippen LogP contribution in [0.15, 0.2) is 0 Å². The molecule has 2 rings (SSSR count). The molecule has 6 nitrogen and oxygen atoms in total. The van der Waals surface area contributed by atoms with Gasteiger partial charge in [-0.3, -0.25) is 9.69 Å². The summed E-state index contributed by atoms with van der Waals surface area (Å²) in [5, 5.41) is 8.67. The van der Waals surface area contributed by atoms with E-state index in [2.05, 4.69) is 11.8 Å². The quantitative estimate of drug-likeness (QED) is 0.810. The average molecular weight is 283 g/mol. The molecule has 0 bridgehead atoms. The van der Waals surface area contributed by atoms with Crippen LogP contribution in [0.5, 0.6) is 0 Å². The summed E-state index contributed by atoms with van der Waals surface area (Å²) in [5.74, 6) is 0.681. The number of carboxylic acid groups (broad SMARTS) is 1. The van der Waals surface area contributed by atoms with Crippen LogP contribution in [-0.2, 0) is 4.79 Å². The van der Waals surface area contributed by atoms with E-state index in [9.17, 15) is 9.59 Å². The highest BCUT2D eigenvalue weighted by atomic mass is 16.4. The van der Waals surface area contributed by atoms with Crippen LogP contribution in [-0.4, -0.2) is 78.1 Å². The Bertz CT molecular complexity index is 367. The molecule has 2 fully saturated rings. The molecular weight excluding hydrogens is 258 g/mol. The van der Waals surface area contributed by atoms with Crippen molar-refractivity contribution in [3.8, 4) is 0 Å². The maximum atomic E-state index is 12.3. The van der Waals surface area contributed by atoms with Crippen LogP contribution >= 0.6 is 0 Å².